The predicted molar refractivity (Wildman–Crippen MR) is 259 cm³/mol. The number of rotatable bonds is 20. The molecule has 70 heavy (non-hydrogen) atoms. The van der Waals surface area contributed by atoms with Crippen LogP contribution in [-0.4, -0.2) is 118 Å². The van der Waals surface area contributed by atoms with Crippen molar-refractivity contribution in [3.05, 3.63) is 77.5 Å². The number of carbonyl (C=O) groups is 6. The number of hydrogen-bond donors (Lipinski definition) is 3. The number of pyridine rings is 1. The van der Waals surface area contributed by atoms with Crippen molar-refractivity contribution in [1.82, 2.24) is 45.1 Å². The number of nitrogens with zero attached hydrogens (tertiary/aromatic N) is 9. The topological polar surface area (TPSA) is 257 Å². The number of anilines is 2. The maximum atomic E-state index is 14.5. The Balaban J connectivity index is 0.691. The van der Waals surface area contributed by atoms with Gasteiger partial charge in [-0.2, -0.15) is 4.36 Å². The summed E-state index contributed by atoms with van der Waals surface area (Å²) in [6.07, 6.45) is 16.5. The number of ether oxygens (including phenoxy) is 1. The van der Waals surface area contributed by atoms with Crippen LogP contribution in [-0.2, 0) is 51.4 Å². The Bertz CT molecular complexity index is 2970. The van der Waals surface area contributed by atoms with Gasteiger partial charge in [0.2, 0.25) is 17.7 Å². The number of aromatic nitrogens is 7. The molecule has 9 rings (SSSR count). The van der Waals surface area contributed by atoms with E-state index in [1.165, 1.54) is 6.07 Å². The quantitative estimate of drug-likeness (QED) is 0.0631. The van der Waals surface area contributed by atoms with Crippen molar-refractivity contribution in [2.24, 2.45) is 4.36 Å². The summed E-state index contributed by atoms with van der Waals surface area (Å²) in [7, 11) is -3.06. The Kier molecular flexibility index (Phi) is 14.3. The van der Waals surface area contributed by atoms with Crippen LogP contribution in [0.1, 0.15) is 129 Å². The monoisotopic (exact) mass is 974 g/mol. The minimum Gasteiger partial charge on any atom is -0.377 e. The van der Waals surface area contributed by atoms with Gasteiger partial charge in [0.05, 0.1) is 61.9 Å². The molecule has 1 unspecified atom stereocenters. The SMILES string of the molecule is C[C@@H]1COCCN1c1cc(C2([S@@](C)(=O)=NC(=O)CCc3cn(CCCCCCCCCCC(=O)Nc4cccc5c4C(=O)N(C4CCC(=O)NC4=O)C5=O)nn3)CC2)nc(-c2ccnc3[nH]ccc23)n1. The number of imide groups is 2. The van der Waals surface area contributed by atoms with Crippen molar-refractivity contribution < 1.29 is 37.7 Å². The molecule has 368 valence electrons. The molecule has 4 aliphatic rings. The second-order valence-corrected chi connectivity index (χ2v) is 21.3. The third kappa shape index (κ3) is 10.3. The summed E-state index contributed by atoms with van der Waals surface area (Å²) in [5.74, 6) is -1.89. The van der Waals surface area contributed by atoms with Crippen LogP contribution >= 0.6 is 0 Å². The number of hydrogen-bond acceptors (Lipinski definition) is 14. The van der Waals surface area contributed by atoms with Crippen LogP contribution < -0.4 is 15.5 Å². The van der Waals surface area contributed by atoms with Crippen molar-refractivity contribution in [1.29, 1.82) is 0 Å². The summed E-state index contributed by atoms with van der Waals surface area (Å²) in [6.45, 7) is 4.57. The van der Waals surface area contributed by atoms with Crippen molar-refractivity contribution in [2.45, 2.75) is 127 Å². The average Bonchev–Trinajstić information content (AvgIpc) is 3.69. The number of piperidine rings is 1. The van der Waals surface area contributed by atoms with E-state index in [0.717, 1.165) is 72.3 Å². The molecule has 7 heterocycles. The summed E-state index contributed by atoms with van der Waals surface area (Å²) >= 11 is 0. The van der Waals surface area contributed by atoms with E-state index in [1.807, 2.05) is 30.6 Å². The van der Waals surface area contributed by atoms with E-state index in [-0.39, 0.29) is 54.4 Å². The van der Waals surface area contributed by atoms with Crippen molar-refractivity contribution in [3.63, 3.8) is 0 Å². The summed E-state index contributed by atoms with van der Waals surface area (Å²) in [4.78, 5) is 97.3. The number of fused-ring (bicyclic) bond motifs is 2. The standard InChI is InChI=1S/C49H58N12O8S/c1-31-30-69-27-26-60(31)39-28-38(53-45(54-39)34-20-24-51-44-33(34)19-23-50-44)49(21-22-49)70(2,68)57-42(64)17-15-32-29-59(58-56-32)25-10-8-6-4-3-5-7-9-14-40(62)52-36-13-11-12-35-43(36)48(67)61(47(35)66)37-16-18-41(63)55-46(37)65/h11-13,19-20,23-24,28-29,31,37H,3-10,14-18,21-22,25-27,30H2,1-2H3,(H,50,51)(H,52,62)(H,55,63,65)/t31-,37?,70-/m1/s1. The maximum Gasteiger partial charge on any atom is 0.264 e. The molecule has 5 aromatic rings. The third-order valence-corrected chi connectivity index (χ3v) is 16.3. The van der Waals surface area contributed by atoms with E-state index in [4.69, 9.17) is 14.7 Å². The van der Waals surface area contributed by atoms with Gasteiger partial charge < -0.3 is 19.9 Å². The summed E-state index contributed by atoms with van der Waals surface area (Å²) < 4.78 is 25.5. The average molecular weight is 975 g/mol. The first-order valence-corrected chi connectivity index (χ1v) is 26.2. The van der Waals surface area contributed by atoms with Crippen LogP contribution in [0.3, 0.4) is 0 Å². The number of H-pyrrole nitrogens is 1. The Hall–Kier alpha value is -6.74. The fraction of sp³-hybridized carbons (Fsp3) is 0.490. The van der Waals surface area contributed by atoms with Gasteiger partial charge in [-0.1, -0.05) is 49.8 Å². The van der Waals surface area contributed by atoms with E-state index in [2.05, 4.69) is 47.1 Å². The molecule has 1 aliphatic carbocycles. The molecule has 4 aromatic heterocycles. The van der Waals surface area contributed by atoms with E-state index >= 15 is 0 Å². The Morgan fingerprint density at radius 1 is 0.957 bits per heavy atom. The van der Waals surface area contributed by atoms with E-state index in [9.17, 15) is 33.0 Å². The molecule has 1 saturated carbocycles. The molecule has 0 radical (unpaired) electrons. The summed E-state index contributed by atoms with van der Waals surface area (Å²) in [5.41, 5.74) is 3.23. The first-order chi connectivity index (χ1) is 33.8. The molecule has 1 aromatic carbocycles. The fourth-order valence-electron chi connectivity index (χ4n) is 9.68. The molecule has 2 saturated heterocycles. The molecule has 6 amide bonds. The number of amides is 6. The van der Waals surface area contributed by atoms with E-state index < -0.39 is 50.1 Å². The van der Waals surface area contributed by atoms with Crippen molar-refractivity contribution in [2.75, 3.05) is 36.2 Å². The molecule has 20 nitrogen and oxygen atoms in total. The third-order valence-electron chi connectivity index (χ3n) is 13.7. The van der Waals surface area contributed by atoms with Gasteiger partial charge in [-0.3, -0.25) is 43.7 Å². The number of nitrogens with one attached hydrogen (secondary N) is 3. The first kappa shape index (κ1) is 48.3. The maximum absolute atomic E-state index is 14.5. The first-order valence-electron chi connectivity index (χ1n) is 24.3. The van der Waals surface area contributed by atoms with Crippen LogP contribution in [0.2, 0.25) is 0 Å². The van der Waals surface area contributed by atoms with Gasteiger partial charge in [0.25, 0.3) is 17.7 Å². The zero-order valence-electron chi connectivity index (χ0n) is 39.5. The Morgan fingerprint density at radius 3 is 2.51 bits per heavy atom. The molecule has 3 fully saturated rings. The Morgan fingerprint density at radius 2 is 1.74 bits per heavy atom. The number of aryl methyl sites for hydroxylation is 2. The van der Waals surface area contributed by atoms with Gasteiger partial charge in [0, 0.05) is 80.6 Å². The van der Waals surface area contributed by atoms with Gasteiger partial charge in [-0.25, -0.2) is 19.2 Å². The highest BCUT2D eigenvalue weighted by molar-refractivity contribution is 7.94. The van der Waals surface area contributed by atoms with Crippen LogP contribution in [0.4, 0.5) is 11.5 Å². The lowest BCUT2D eigenvalue weighted by atomic mass is 10.0. The molecular weight excluding hydrogens is 917 g/mol. The summed E-state index contributed by atoms with van der Waals surface area (Å²) in [6, 6.07) is 9.39. The minimum atomic E-state index is -3.06. The highest BCUT2D eigenvalue weighted by Gasteiger charge is 2.54. The lowest BCUT2D eigenvalue weighted by Crippen LogP contribution is -2.54. The van der Waals surface area contributed by atoms with Gasteiger partial charge in [0.1, 0.15) is 17.5 Å². The smallest absolute Gasteiger partial charge is 0.264 e. The van der Waals surface area contributed by atoms with Crippen molar-refractivity contribution >= 4 is 67.7 Å². The Labute approximate surface area is 405 Å². The number of aromatic amines is 1. The predicted octanol–water partition coefficient (Wildman–Crippen LogP) is 5.63. The molecule has 3 atom stereocenters. The minimum absolute atomic E-state index is 0.0257. The number of carbonyl (C=O) groups excluding carboxylic acids is 6. The van der Waals surface area contributed by atoms with Crippen LogP contribution in [0.25, 0.3) is 22.4 Å². The van der Waals surface area contributed by atoms with E-state index in [0.29, 0.717) is 69.2 Å². The van der Waals surface area contributed by atoms with Gasteiger partial charge in [-0.15, -0.1) is 5.10 Å². The largest absolute Gasteiger partial charge is 0.377 e. The zero-order valence-corrected chi connectivity index (χ0v) is 40.3. The molecule has 0 bridgehead atoms. The van der Waals surface area contributed by atoms with Crippen LogP contribution in [0.15, 0.2) is 59.4 Å². The molecule has 3 N–H and O–H groups in total. The normalized spacial score (nSPS) is 19.5. The summed E-state index contributed by atoms with van der Waals surface area (Å²) in [5, 5.41) is 14.4. The molecule has 0 spiro atoms. The van der Waals surface area contributed by atoms with Gasteiger partial charge >= 0.3 is 0 Å². The number of unbranched alkanes of at least 4 members (excludes halogenated alkanes) is 7. The highest BCUT2D eigenvalue weighted by atomic mass is 32.2. The zero-order chi connectivity index (χ0) is 49.0. The van der Waals surface area contributed by atoms with Gasteiger partial charge in [0.15, 0.2) is 5.82 Å². The second-order valence-electron chi connectivity index (χ2n) is 18.7. The van der Waals surface area contributed by atoms with Crippen molar-refractivity contribution in [3.8, 4) is 11.4 Å². The number of benzene rings is 1. The lowest BCUT2D eigenvalue weighted by molar-refractivity contribution is -0.136. The van der Waals surface area contributed by atoms with Crippen LogP contribution in [0.5, 0.6) is 0 Å². The van der Waals surface area contributed by atoms with Crippen LogP contribution in [0, 0.1) is 0 Å². The molecule has 21 heteroatoms. The molecule has 3 aliphatic heterocycles. The lowest BCUT2D eigenvalue weighted by Gasteiger charge is -2.35. The highest BCUT2D eigenvalue weighted by Crippen LogP contribution is 2.53. The van der Waals surface area contributed by atoms with E-state index in [1.54, 1.807) is 29.3 Å². The second kappa shape index (κ2) is 20.7. The molecular formula is C49H58N12O8S. The number of morpholine rings is 1. The van der Waals surface area contributed by atoms with Gasteiger partial charge in [-0.05, 0) is 63.3 Å². The fourth-order valence-corrected chi connectivity index (χ4v) is 11.7.